The fourth-order valence-corrected chi connectivity index (χ4v) is 11.9. The molecule has 4 aliphatic rings. The Balaban J connectivity index is 0.0000123. The van der Waals surface area contributed by atoms with Gasteiger partial charge in [0.2, 0.25) is 17.5 Å². The molecule has 4 aliphatic heterocycles. The molecule has 0 aliphatic carbocycles. The summed E-state index contributed by atoms with van der Waals surface area (Å²) in [6.07, 6.45) is 14.4. The summed E-state index contributed by atoms with van der Waals surface area (Å²) in [5, 5.41) is 12.1. The van der Waals surface area contributed by atoms with Crippen LogP contribution in [0, 0.1) is 0 Å². The lowest BCUT2D eigenvalue weighted by atomic mass is 9.81. The summed E-state index contributed by atoms with van der Waals surface area (Å²) in [4.78, 5) is 38.2. The van der Waals surface area contributed by atoms with E-state index in [0.29, 0.717) is 157 Å². The fraction of sp³-hybridized carbons (Fsp3) is 0.639. The summed E-state index contributed by atoms with van der Waals surface area (Å²) in [7, 11) is 1.66. The molecule has 0 saturated carbocycles. The molecule has 2 aromatic rings. The highest BCUT2D eigenvalue weighted by molar-refractivity contribution is 8.00. The van der Waals surface area contributed by atoms with Gasteiger partial charge in [0.25, 0.3) is 0 Å². The quantitative estimate of drug-likeness (QED) is 0.0327. The molecule has 82 heavy (non-hydrogen) atoms. The molecule has 19 nitrogen and oxygen atoms in total. The van der Waals surface area contributed by atoms with Gasteiger partial charge in [0.05, 0.1) is 136 Å². The lowest BCUT2D eigenvalue weighted by Crippen LogP contribution is -3.00. The van der Waals surface area contributed by atoms with Crippen LogP contribution in [0.5, 0.6) is 0 Å². The zero-order valence-corrected chi connectivity index (χ0v) is 50.8. The number of carbonyl (C=O) groups excluding carboxylic acids is 3. The first kappa shape index (κ1) is 68.4. The second-order valence-corrected chi connectivity index (χ2v) is 22.4. The van der Waals surface area contributed by atoms with Gasteiger partial charge in [-0.25, -0.2) is 4.79 Å². The molecule has 4 N–H and O–H groups in total. The van der Waals surface area contributed by atoms with Crippen LogP contribution in [-0.4, -0.2) is 210 Å². The van der Waals surface area contributed by atoms with Crippen LogP contribution in [0.3, 0.4) is 0 Å². The van der Waals surface area contributed by atoms with Crippen LogP contribution in [0.1, 0.15) is 70.9 Å². The molecule has 21 heteroatoms. The van der Waals surface area contributed by atoms with Crippen molar-refractivity contribution < 1.29 is 78.7 Å². The zero-order chi connectivity index (χ0) is 57.4. The van der Waals surface area contributed by atoms with Crippen molar-refractivity contribution in [2.75, 3.05) is 169 Å². The van der Waals surface area contributed by atoms with Gasteiger partial charge in [-0.05, 0) is 44.4 Å². The number of fused-ring (bicyclic) bond motifs is 3. The van der Waals surface area contributed by atoms with Crippen LogP contribution < -0.4 is 38.6 Å². The minimum atomic E-state index is -0.186. The number of urea groups is 1. The Kier molecular flexibility index (Phi) is 32.1. The molecule has 0 spiro atoms. The standard InChI is InChI=1S/C61H92N6O13S.ClH/c1-60(2)48-15-9-11-17-51(48)66(26-31-75-38-41-79-44-43-77-34-33-71-5)54(60)20-7-6-8-21-55-61(3,4)49-16-10-12-18-52(49)67(55)27-32-76-39-42-80-46-45-78-40-35-72-28-23-57(69)63-25-30-74-37-36-73-29-24-62-56(68)22-14-13-19-53-58-50(47-81-53)64-59(70)65-58;/h6-12,15-18,20-21,50,53,58H,13-14,19,22-47H2,1-5H3,(H3-,62,63,64,65,68,69,70);1H/t50-,53?,58-;/m0./s1. The van der Waals surface area contributed by atoms with Crippen molar-refractivity contribution in [1.82, 2.24) is 21.3 Å². The zero-order valence-electron chi connectivity index (χ0n) is 49.2. The maximum atomic E-state index is 12.2. The average Bonchev–Trinajstić information content (AvgIpc) is 4.34. The normalized spacial score (nSPS) is 19.0. The van der Waals surface area contributed by atoms with Crippen LogP contribution in [-0.2, 0) is 67.8 Å². The highest BCUT2D eigenvalue weighted by Crippen LogP contribution is 2.47. The predicted molar refractivity (Wildman–Crippen MR) is 316 cm³/mol. The molecule has 2 aromatic carbocycles. The molecular formula is C61H93ClN6O13S. The number of allylic oxidation sites excluding steroid dienone is 6. The number of para-hydroxylation sites is 2. The fourth-order valence-electron chi connectivity index (χ4n) is 10.3. The molecule has 0 bridgehead atoms. The number of anilines is 1. The first-order valence-electron chi connectivity index (χ1n) is 29.1. The van der Waals surface area contributed by atoms with Gasteiger partial charge in [-0.3, -0.25) is 9.59 Å². The minimum Gasteiger partial charge on any atom is -1.00 e. The van der Waals surface area contributed by atoms with Crippen LogP contribution in [0.4, 0.5) is 16.2 Å². The van der Waals surface area contributed by atoms with E-state index in [0.717, 1.165) is 31.6 Å². The number of rotatable bonds is 44. The average molecular weight is 1190 g/mol. The number of unbranched alkanes of at least 4 members (excludes halogenated alkanes) is 1. The number of amides is 4. The van der Waals surface area contributed by atoms with Crippen molar-refractivity contribution in [2.24, 2.45) is 0 Å². The van der Waals surface area contributed by atoms with E-state index in [1.165, 1.54) is 33.9 Å². The van der Waals surface area contributed by atoms with Gasteiger partial charge in [-0.2, -0.15) is 16.3 Å². The SMILES string of the molecule is COCCOCCOCCOCC[N+]1=C(C=CC=CC=C2N(CCOCCOCCOCCOCCC(=O)NCCOCCOCCNC(=O)CCCCC3SC[C@@H]4NC(=O)N[C@H]34)c3ccccc3C2(C)C)C(C)(C)c2ccccc21.[Cl-]. The van der Waals surface area contributed by atoms with Gasteiger partial charge in [0.1, 0.15) is 6.61 Å². The number of hydrogen-bond acceptors (Lipinski definition) is 15. The van der Waals surface area contributed by atoms with Gasteiger partial charge in [-0.15, -0.1) is 0 Å². The van der Waals surface area contributed by atoms with Gasteiger partial charge >= 0.3 is 6.03 Å². The number of benzene rings is 2. The number of halogens is 1. The minimum absolute atomic E-state index is 0. The van der Waals surface area contributed by atoms with E-state index in [2.05, 4.69) is 137 Å². The molecule has 2 saturated heterocycles. The Labute approximate surface area is 497 Å². The highest BCUT2D eigenvalue weighted by Gasteiger charge is 2.45. The third-order valence-corrected chi connectivity index (χ3v) is 16.1. The third kappa shape index (κ3) is 22.5. The topological polar surface area (TPSA) is 198 Å². The summed E-state index contributed by atoms with van der Waals surface area (Å²) in [5.41, 5.74) is 7.11. The Morgan fingerprint density at radius 3 is 1.83 bits per heavy atom. The molecule has 3 atom stereocenters. The molecule has 4 heterocycles. The summed E-state index contributed by atoms with van der Waals surface area (Å²) in [6.45, 7) is 20.3. The molecule has 2 fully saturated rings. The van der Waals surface area contributed by atoms with Crippen LogP contribution in [0.2, 0.25) is 0 Å². The molecule has 1 unspecified atom stereocenters. The summed E-state index contributed by atoms with van der Waals surface area (Å²) in [5.74, 6) is 0.863. The largest absolute Gasteiger partial charge is 1.00 e. The Morgan fingerprint density at radius 1 is 0.634 bits per heavy atom. The number of methoxy groups -OCH3 is 1. The van der Waals surface area contributed by atoms with Gasteiger partial charge in [0.15, 0.2) is 12.3 Å². The second kappa shape index (κ2) is 38.5. The number of carbonyl (C=O) groups is 3. The molecule has 6 rings (SSSR count). The monoisotopic (exact) mass is 1180 g/mol. The molecule has 458 valence electrons. The highest BCUT2D eigenvalue weighted by atomic mass is 35.5. The second-order valence-electron chi connectivity index (χ2n) is 21.1. The molecular weight excluding hydrogens is 1090 g/mol. The van der Waals surface area contributed by atoms with Crippen molar-refractivity contribution in [3.63, 3.8) is 0 Å². The number of thioether (sulfide) groups is 1. The van der Waals surface area contributed by atoms with E-state index in [4.69, 9.17) is 47.4 Å². The Morgan fingerprint density at radius 2 is 1.18 bits per heavy atom. The van der Waals surface area contributed by atoms with E-state index < -0.39 is 0 Å². The number of hydrogen-bond donors (Lipinski definition) is 4. The first-order valence-corrected chi connectivity index (χ1v) is 30.1. The third-order valence-electron chi connectivity index (χ3n) is 14.6. The van der Waals surface area contributed by atoms with E-state index in [1.807, 2.05) is 11.8 Å². The van der Waals surface area contributed by atoms with Crippen LogP contribution in [0.15, 0.2) is 84.6 Å². The van der Waals surface area contributed by atoms with E-state index in [9.17, 15) is 14.4 Å². The van der Waals surface area contributed by atoms with Crippen molar-refractivity contribution in [3.05, 3.63) is 95.7 Å². The molecule has 0 radical (unpaired) electrons. The van der Waals surface area contributed by atoms with Crippen molar-refractivity contribution in [3.8, 4) is 0 Å². The van der Waals surface area contributed by atoms with Crippen LogP contribution in [0.25, 0.3) is 0 Å². The van der Waals surface area contributed by atoms with Crippen LogP contribution >= 0.6 is 11.8 Å². The van der Waals surface area contributed by atoms with E-state index >= 15 is 0 Å². The van der Waals surface area contributed by atoms with E-state index in [1.54, 1.807) is 7.11 Å². The maximum absolute atomic E-state index is 12.2. The first-order chi connectivity index (χ1) is 39.5. The van der Waals surface area contributed by atoms with E-state index in [-0.39, 0.29) is 59.6 Å². The molecule has 4 amide bonds. The predicted octanol–water partition coefficient (Wildman–Crippen LogP) is 3.01. The maximum Gasteiger partial charge on any atom is 0.315 e. The lowest BCUT2D eigenvalue weighted by Gasteiger charge is -2.27. The lowest BCUT2D eigenvalue weighted by molar-refractivity contribution is -0.442. The summed E-state index contributed by atoms with van der Waals surface area (Å²) < 4.78 is 58.6. The molecule has 0 aromatic heterocycles. The summed E-state index contributed by atoms with van der Waals surface area (Å²) >= 11 is 1.89. The Bertz CT molecular complexity index is 2340. The van der Waals surface area contributed by atoms with Gasteiger partial charge in [0, 0.05) is 85.1 Å². The van der Waals surface area contributed by atoms with Crippen molar-refractivity contribution >= 4 is 46.7 Å². The van der Waals surface area contributed by atoms with Crippen molar-refractivity contribution in [2.45, 2.75) is 88.0 Å². The van der Waals surface area contributed by atoms with Gasteiger partial charge < -0.3 is 85.9 Å². The number of nitrogens with zero attached hydrogens (tertiary/aromatic N) is 2. The Hall–Kier alpha value is -4.42. The number of ether oxygens (including phenoxy) is 10. The van der Waals surface area contributed by atoms with Gasteiger partial charge in [-0.1, -0.05) is 74.9 Å². The summed E-state index contributed by atoms with van der Waals surface area (Å²) in [6, 6.07) is 17.6. The number of nitrogens with one attached hydrogen (secondary N) is 4. The smallest absolute Gasteiger partial charge is 0.315 e. The van der Waals surface area contributed by atoms with Crippen molar-refractivity contribution in [1.29, 1.82) is 0 Å².